The number of benzene rings is 2. The van der Waals surface area contributed by atoms with E-state index in [0.717, 1.165) is 30.2 Å². The summed E-state index contributed by atoms with van der Waals surface area (Å²) in [4.78, 5) is 0. The molecule has 0 aliphatic carbocycles. The maximum absolute atomic E-state index is 6.22. The summed E-state index contributed by atoms with van der Waals surface area (Å²) in [6.07, 6.45) is 5.07. The third-order valence-corrected chi connectivity index (χ3v) is 4.83. The molecule has 0 saturated carbocycles. The molecule has 1 N–H and O–H groups in total. The average Bonchev–Trinajstić information content (AvgIpc) is 2.65. The molecule has 0 bridgehead atoms. The molecule has 0 saturated heterocycles. The molecule has 2 aromatic rings. The van der Waals surface area contributed by atoms with E-state index >= 15 is 0 Å². The molecule has 0 fully saturated rings. The number of hydrogen-bond acceptors (Lipinski definition) is 3. The molecule has 0 heterocycles. The van der Waals surface area contributed by atoms with Crippen LogP contribution in [0.15, 0.2) is 36.4 Å². The van der Waals surface area contributed by atoms with Gasteiger partial charge in [-0.3, -0.25) is 0 Å². The van der Waals surface area contributed by atoms with E-state index in [-0.39, 0.29) is 0 Å². The lowest BCUT2D eigenvalue weighted by Gasteiger charge is -2.14. The summed E-state index contributed by atoms with van der Waals surface area (Å²) in [5.41, 5.74) is 2.08. The van der Waals surface area contributed by atoms with Crippen molar-refractivity contribution in [1.29, 1.82) is 0 Å². The number of rotatable bonds is 12. The van der Waals surface area contributed by atoms with Gasteiger partial charge in [-0.25, -0.2) is 0 Å². The minimum atomic E-state index is 0.366. The van der Waals surface area contributed by atoms with Gasteiger partial charge in [0, 0.05) is 22.2 Å². The quantitative estimate of drug-likeness (QED) is 0.398. The van der Waals surface area contributed by atoms with E-state index in [1.807, 2.05) is 31.2 Å². The highest BCUT2D eigenvalue weighted by atomic mass is 35.5. The molecular formula is C22H29Cl2NO2. The van der Waals surface area contributed by atoms with E-state index in [2.05, 4.69) is 18.3 Å². The van der Waals surface area contributed by atoms with Gasteiger partial charge in [0.2, 0.25) is 0 Å². The molecule has 0 aliphatic heterocycles. The zero-order valence-corrected chi connectivity index (χ0v) is 17.7. The van der Waals surface area contributed by atoms with Gasteiger partial charge in [0.05, 0.1) is 6.61 Å². The second-order valence-electron chi connectivity index (χ2n) is 6.48. The summed E-state index contributed by atoms with van der Waals surface area (Å²) in [5.74, 6) is 1.47. The van der Waals surface area contributed by atoms with Gasteiger partial charge in [0.25, 0.3) is 0 Å². The molecule has 0 radical (unpaired) electrons. The van der Waals surface area contributed by atoms with Gasteiger partial charge < -0.3 is 14.8 Å². The van der Waals surface area contributed by atoms with E-state index in [1.165, 1.54) is 31.2 Å². The van der Waals surface area contributed by atoms with E-state index in [0.29, 0.717) is 23.3 Å². The van der Waals surface area contributed by atoms with Crippen molar-refractivity contribution in [2.75, 3.05) is 13.2 Å². The predicted molar refractivity (Wildman–Crippen MR) is 114 cm³/mol. The first-order chi connectivity index (χ1) is 13.1. The van der Waals surface area contributed by atoms with Crippen molar-refractivity contribution in [2.24, 2.45) is 0 Å². The van der Waals surface area contributed by atoms with Crippen molar-refractivity contribution in [3.8, 4) is 11.5 Å². The molecule has 3 nitrogen and oxygen atoms in total. The second-order valence-corrected chi connectivity index (χ2v) is 7.32. The fourth-order valence-corrected chi connectivity index (χ4v) is 3.22. The first-order valence-electron chi connectivity index (χ1n) is 9.67. The number of hydrogen-bond donors (Lipinski definition) is 1. The Kier molecular flexibility index (Phi) is 9.82. The minimum absolute atomic E-state index is 0.366. The summed E-state index contributed by atoms with van der Waals surface area (Å²) in [6.45, 7) is 7.02. The average molecular weight is 410 g/mol. The molecule has 0 aliphatic rings. The molecule has 0 aromatic heterocycles. The number of ether oxygens (including phenoxy) is 2. The van der Waals surface area contributed by atoms with Gasteiger partial charge in [-0.15, -0.1) is 0 Å². The summed E-state index contributed by atoms with van der Waals surface area (Å²) >= 11 is 12.2. The van der Waals surface area contributed by atoms with Crippen LogP contribution in [0.2, 0.25) is 10.0 Å². The SMILES string of the molecule is CCCCCCNCc1ccc(OCc2ccc(Cl)cc2Cl)c(OCC)c1. The molecule has 0 unspecified atom stereocenters. The van der Waals surface area contributed by atoms with Gasteiger partial charge in [0.15, 0.2) is 11.5 Å². The minimum Gasteiger partial charge on any atom is -0.490 e. The third kappa shape index (κ3) is 7.61. The van der Waals surface area contributed by atoms with Gasteiger partial charge in [-0.05, 0) is 49.7 Å². The molecule has 0 spiro atoms. The molecule has 2 rings (SSSR count). The Morgan fingerprint density at radius 2 is 1.74 bits per heavy atom. The maximum Gasteiger partial charge on any atom is 0.161 e. The molecule has 148 valence electrons. The zero-order chi connectivity index (χ0) is 19.5. The van der Waals surface area contributed by atoms with Crippen molar-refractivity contribution >= 4 is 23.2 Å². The largest absolute Gasteiger partial charge is 0.490 e. The van der Waals surface area contributed by atoms with Gasteiger partial charge in [-0.2, -0.15) is 0 Å². The lowest BCUT2D eigenvalue weighted by molar-refractivity contribution is 0.269. The Morgan fingerprint density at radius 1 is 0.889 bits per heavy atom. The van der Waals surface area contributed by atoms with Crippen LogP contribution in [0.5, 0.6) is 11.5 Å². The number of nitrogens with one attached hydrogen (secondary N) is 1. The maximum atomic E-state index is 6.22. The van der Waals surface area contributed by atoms with Crippen LogP contribution in [0.3, 0.4) is 0 Å². The van der Waals surface area contributed by atoms with E-state index in [9.17, 15) is 0 Å². The van der Waals surface area contributed by atoms with Crippen molar-refractivity contribution < 1.29 is 9.47 Å². The lowest BCUT2D eigenvalue weighted by Crippen LogP contribution is -2.14. The highest BCUT2D eigenvalue weighted by Crippen LogP contribution is 2.30. The Balaban J connectivity index is 1.93. The second kappa shape index (κ2) is 12.1. The van der Waals surface area contributed by atoms with Gasteiger partial charge >= 0.3 is 0 Å². The zero-order valence-electron chi connectivity index (χ0n) is 16.2. The summed E-state index contributed by atoms with van der Waals surface area (Å²) in [6, 6.07) is 11.5. The number of unbranched alkanes of at least 4 members (excludes halogenated alkanes) is 3. The van der Waals surface area contributed by atoms with Crippen molar-refractivity contribution in [3.63, 3.8) is 0 Å². The standard InChI is InChI=1S/C22H29Cl2NO2/c1-3-5-6-7-12-25-15-17-8-11-21(22(13-17)26-4-2)27-16-18-9-10-19(23)14-20(18)24/h8-11,13-14,25H,3-7,12,15-16H2,1-2H3. The van der Waals surface area contributed by atoms with Crippen LogP contribution in [0, 0.1) is 0 Å². The fourth-order valence-electron chi connectivity index (χ4n) is 2.75. The van der Waals surface area contributed by atoms with Crippen LogP contribution in [0.1, 0.15) is 50.7 Å². The van der Waals surface area contributed by atoms with Crippen LogP contribution in [-0.2, 0) is 13.2 Å². The Hall–Kier alpha value is -1.42. The highest BCUT2D eigenvalue weighted by Gasteiger charge is 2.09. The van der Waals surface area contributed by atoms with Crippen LogP contribution in [-0.4, -0.2) is 13.2 Å². The first kappa shape index (κ1) is 21.9. The molecule has 0 atom stereocenters. The predicted octanol–water partition coefficient (Wildman–Crippen LogP) is 6.64. The summed E-state index contributed by atoms with van der Waals surface area (Å²) in [7, 11) is 0. The topological polar surface area (TPSA) is 30.5 Å². The van der Waals surface area contributed by atoms with Crippen molar-refractivity contribution in [1.82, 2.24) is 5.32 Å². The molecule has 27 heavy (non-hydrogen) atoms. The van der Waals surface area contributed by atoms with E-state index in [1.54, 1.807) is 6.07 Å². The fraction of sp³-hybridized carbons (Fsp3) is 0.455. The third-order valence-electron chi connectivity index (χ3n) is 4.24. The normalized spacial score (nSPS) is 10.8. The van der Waals surface area contributed by atoms with Crippen molar-refractivity contribution in [2.45, 2.75) is 52.7 Å². The number of halogens is 2. The van der Waals surface area contributed by atoms with E-state index < -0.39 is 0 Å². The summed E-state index contributed by atoms with van der Waals surface area (Å²) in [5, 5.41) is 4.71. The smallest absolute Gasteiger partial charge is 0.161 e. The lowest BCUT2D eigenvalue weighted by atomic mass is 10.2. The van der Waals surface area contributed by atoms with Crippen LogP contribution >= 0.6 is 23.2 Å². The monoisotopic (exact) mass is 409 g/mol. The van der Waals surface area contributed by atoms with Gasteiger partial charge in [-0.1, -0.05) is 61.5 Å². The van der Waals surface area contributed by atoms with Crippen LogP contribution in [0.4, 0.5) is 0 Å². The Labute approximate surface area is 173 Å². The molecular weight excluding hydrogens is 381 g/mol. The molecule has 2 aromatic carbocycles. The van der Waals surface area contributed by atoms with E-state index in [4.69, 9.17) is 32.7 Å². The molecule has 5 heteroatoms. The van der Waals surface area contributed by atoms with Crippen LogP contribution < -0.4 is 14.8 Å². The molecule has 0 amide bonds. The van der Waals surface area contributed by atoms with Crippen LogP contribution in [0.25, 0.3) is 0 Å². The van der Waals surface area contributed by atoms with Gasteiger partial charge in [0.1, 0.15) is 6.61 Å². The first-order valence-corrected chi connectivity index (χ1v) is 10.4. The summed E-state index contributed by atoms with van der Waals surface area (Å²) < 4.78 is 11.7. The Bertz CT molecular complexity index is 707. The van der Waals surface area contributed by atoms with Crippen molar-refractivity contribution in [3.05, 3.63) is 57.6 Å². The highest BCUT2D eigenvalue weighted by molar-refractivity contribution is 6.35. The Morgan fingerprint density at radius 3 is 2.48 bits per heavy atom.